The third kappa shape index (κ3) is 3.35. The molecule has 0 radical (unpaired) electrons. The fourth-order valence-corrected chi connectivity index (χ4v) is 5.79. The van der Waals surface area contributed by atoms with E-state index >= 15 is 8.78 Å². The lowest BCUT2D eigenvalue weighted by Crippen LogP contribution is -2.76. The average molecular weight is 490 g/mol. The van der Waals surface area contributed by atoms with Crippen LogP contribution in [0.4, 0.5) is 17.6 Å². The lowest BCUT2D eigenvalue weighted by atomic mass is 9.30. The van der Waals surface area contributed by atoms with Crippen molar-refractivity contribution in [3.05, 3.63) is 71.6 Å². The van der Waals surface area contributed by atoms with Crippen LogP contribution in [0.3, 0.4) is 0 Å². The predicted molar refractivity (Wildman–Crippen MR) is 113 cm³/mol. The Hall–Kier alpha value is -3.05. The highest BCUT2D eigenvalue weighted by atomic mass is 19.3. The van der Waals surface area contributed by atoms with Crippen molar-refractivity contribution < 1.29 is 32.1 Å². The van der Waals surface area contributed by atoms with Crippen LogP contribution in [0.2, 0.25) is 0 Å². The number of aliphatic hydroxyl groups is 1. The minimum Gasteiger partial charge on any atom is -0.491 e. The molecule has 11 heteroatoms. The summed E-state index contributed by atoms with van der Waals surface area (Å²) in [5.41, 5.74) is -4.73. The average Bonchev–Trinajstić information content (AvgIpc) is 3.45. The molecule has 2 heterocycles. The van der Waals surface area contributed by atoms with Crippen LogP contribution in [0, 0.1) is 17.0 Å². The second-order valence-electron chi connectivity index (χ2n) is 9.95. The summed E-state index contributed by atoms with van der Waals surface area (Å²) in [5, 5.41) is 21.8. The first-order valence-electron chi connectivity index (χ1n) is 11.3. The fourth-order valence-electron chi connectivity index (χ4n) is 5.79. The summed E-state index contributed by atoms with van der Waals surface area (Å²) in [7, 11) is 0. The van der Waals surface area contributed by atoms with Gasteiger partial charge in [-0.05, 0) is 64.9 Å². The molecule has 1 N–H and O–H groups in total. The van der Waals surface area contributed by atoms with Crippen LogP contribution in [-0.2, 0) is 22.3 Å². The molecule has 4 aliphatic rings. The minimum atomic E-state index is -3.75. The first-order valence-corrected chi connectivity index (χ1v) is 11.3. The van der Waals surface area contributed by atoms with E-state index in [4.69, 9.17) is 9.47 Å². The molecule has 3 saturated carbocycles. The summed E-state index contributed by atoms with van der Waals surface area (Å²) >= 11 is 0. The van der Waals surface area contributed by atoms with E-state index in [1.807, 2.05) is 24.3 Å². The molecule has 3 aromatic rings. The van der Waals surface area contributed by atoms with E-state index in [0.29, 0.717) is 25.0 Å². The normalized spacial score (nSPS) is 28.5. The number of aromatic nitrogens is 4. The van der Waals surface area contributed by atoms with Crippen LogP contribution in [0.15, 0.2) is 48.8 Å². The Balaban J connectivity index is 1.26. The predicted octanol–water partition coefficient (Wildman–Crippen LogP) is 3.37. The van der Waals surface area contributed by atoms with Gasteiger partial charge in [-0.3, -0.25) is 0 Å². The van der Waals surface area contributed by atoms with E-state index in [1.165, 1.54) is 0 Å². The molecule has 1 unspecified atom stereocenters. The summed E-state index contributed by atoms with van der Waals surface area (Å²) in [5.74, 6) is -5.26. The van der Waals surface area contributed by atoms with Gasteiger partial charge >= 0.3 is 0 Å². The standard InChI is InChI=1S/C24H22F4N4O3/c25-16-3-6-19(20(26)7-16)23(33,13-32-14-29-30-31-32)24(27,28)22-10-21(11-22,12-22)15-1-4-17(5-2-15)34-8-18-9-35-18/h1-7,14,18,33H,8-13H2/t18-,21?,22?,23?/m1/s1. The lowest BCUT2D eigenvalue weighted by molar-refractivity contribution is -0.347. The molecular formula is C24H22F4N4O3. The molecule has 3 aliphatic carbocycles. The number of alkyl halides is 2. The number of hydrogen-bond donors (Lipinski definition) is 1. The molecule has 2 aromatic carbocycles. The van der Waals surface area contributed by atoms with Crippen LogP contribution in [0.5, 0.6) is 5.75 Å². The van der Waals surface area contributed by atoms with E-state index in [2.05, 4.69) is 15.5 Å². The second kappa shape index (κ2) is 7.47. The maximum Gasteiger partial charge on any atom is 0.287 e. The molecule has 4 fully saturated rings. The topological polar surface area (TPSA) is 85.6 Å². The van der Waals surface area contributed by atoms with Gasteiger partial charge in [0.25, 0.3) is 5.92 Å². The van der Waals surface area contributed by atoms with Gasteiger partial charge in [-0.1, -0.05) is 12.1 Å². The molecule has 2 atom stereocenters. The number of ether oxygens (including phenoxy) is 2. The van der Waals surface area contributed by atoms with Crippen LogP contribution < -0.4 is 4.74 Å². The summed E-state index contributed by atoms with van der Waals surface area (Å²) < 4.78 is 72.3. The Kier molecular flexibility index (Phi) is 4.79. The van der Waals surface area contributed by atoms with Crippen molar-refractivity contribution in [1.82, 2.24) is 20.2 Å². The van der Waals surface area contributed by atoms with Crippen molar-refractivity contribution in [3.63, 3.8) is 0 Å². The van der Waals surface area contributed by atoms with Gasteiger partial charge in [0.1, 0.15) is 36.4 Å². The zero-order chi connectivity index (χ0) is 24.5. The largest absolute Gasteiger partial charge is 0.491 e. The third-order valence-corrected chi connectivity index (χ3v) is 7.68. The molecule has 0 amide bonds. The Morgan fingerprint density at radius 1 is 1.11 bits per heavy atom. The minimum absolute atomic E-state index is 0.129. The Morgan fingerprint density at radius 3 is 2.43 bits per heavy atom. The summed E-state index contributed by atoms with van der Waals surface area (Å²) in [4.78, 5) is 0. The quantitative estimate of drug-likeness (QED) is 0.366. The highest BCUT2D eigenvalue weighted by Gasteiger charge is 2.82. The van der Waals surface area contributed by atoms with E-state index in [9.17, 15) is 13.9 Å². The zero-order valence-electron chi connectivity index (χ0n) is 18.5. The highest BCUT2D eigenvalue weighted by molar-refractivity contribution is 5.44. The van der Waals surface area contributed by atoms with Gasteiger partial charge in [0.05, 0.1) is 13.2 Å². The number of nitrogens with zero attached hydrogens (tertiary/aromatic N) is 4. The maximum atomic E-state index is 16.2. The molecular weight excluding hydrogens is 468 g/mol. The first kappa shape index (κ1) is 22.4. The van der Waals surface area contributed by atoms with Crippen molar-refractivity contribution >= 4 is 0 Å². The van der Waals surface area contributed by atoms with Crippen molar-refractivity contribution in [3.8, 4) is 5.75 Å². The van der Waals surface area contributed by atoms with Crippen molar-refractivity contribution in [2.45, 2.75) is 48.8 Å². The summed E-state index contributed by atoms with van der Waals surface area (Å²) in [6.45, 7) is 0.375. The fraction of sp³-hybridized carbons (Fsp3) is 0.458. The summed E-state index contributed by atoms with van der Waals surface area (Å²) in [6.07, 6.45) is 1.58. The van der Waals surface area contributed by atoms with Gasteiger partial charge < -0.3 is 14.6 Å². The molecule has 0 spiro atoms. The highest BCUT2D eigenvalue weighted by Crippen LogP contribution is 2.80. The third-order valence-electron chi connectivity index (χ3n) is 7.68. The van der Waals surface area contributed by atoms with Gasteiger partial charge in [0, 0.05) is 17.0 Å². The SMILES string of the molecule is OC(Cn1cnnn1)(c1ccc(F)cc1F)C(F)(F)C12CC(c3ccc(OC[C@@H]4CO4)cc3)(C1)C2. The Morgan fingerprint density at radius 2 is 1.83 bits per heavy atom. The molecule has 1 saturated heterocycles. The Labute approximate surface area is 197 Å². The number of benzene rings is 2. The van der Waals surface area contributed by atoms with E-state index < -0.39 is 46.1 Å². The number of rotatable bonds is 9. The number of hydrogen-bond acceptors (Lipinski definition) is 6. The zero-order valence-corrected chi connectivity index (χ0v) is 18.5. The van der Waals surface area contributed by atoms with Gasteiger partial charge in [0.15, 0.2) is 5.60 Å². The molecule has 7 nitrogen and oxygen atoms in total. The molecule has 184 valence electrons. The molecule has 7 rings (SSSR count). The van der Waals surface area contributed by atoms with Gasteiger partial charge in [-0.15, -0.1) is 5.10 Å². The summed E-state index contributed by atoms with van der Waals surface area (Å²) in [6, 6.07) is 9.56. The van der Waals surface area contributed by atoms with Crippen LogP contribution in [0.1, 0.15) is 30.4 Å². The molecule has 2 bridgehead atoms. The van der Waals surface area contributed by atoms with Crippen LogP contribution in [0.25, 0.3) is 0 Å². The lowest BCUT2D eigenvalue weighted by Gasteiger charge is -2.74. The van der Waals surface area contributed by atoms with E-state index in [0.717, 1.165) is 28.7 Å². The van der Waals surface area contributed by atoms with Crippen molar-refractivity contribution in [1.29, 1.82) is 0 Å². The number of halogens is 4. The smallest absolute Gasteiger partial charge is 0.287 e. The monoisotopic (exact) mass is 490 g/mol. The van der Waals surface area contributed by atoms with Crippen molar-refractivity contribution in [2.75, 3.05) is 13.2 Å². The van der Waals surface area contributed by atoms with Gasteiger partial charge in [-0.25, -0.2) is 22.2 Å². The van der Waals surface area contributed by atoms with Crippen LogP contribution in [-0.4, -0.2) is 50.6 Å². The maximum absolute atomic E-state index is 16.2. The number of tetrazole rings is 1. The number of epoxide rings is 1. The van der Waals surface area contributed by atoms with E-state index in [-0.39, 0.29) is 25.4 Å². The molecule has 35 heavy (non-hydrogen) atoms. The van der Waals surface area contributed by atoms with Gasteiger partial charge in [-0.2, -0.15) is 0 Å². The molecule has 1 aromatic heterocycles. The van der Waals surface area contributed by atoms with Gasteiger partial charge in [0.2, 0.25) is 0 Å². The Bertz CT molecular complexity index is 1230. The van der Waals surface area contributed by atoms with Crippen LogP contribution >= 0.6 is 0 Å². The first-order chi connectivity index (χ1) is 16.7. The molecule has 1 aliphatic heterocycles. The van der Waals surface area contributed by atoms with Crippen molar-refractivity contribution in [2.24, 2.45) is 5.41 Å². The van der Waals surface area contributed by atoms with E-state index in [1.54, 1.807) is 0 Å². The second-order valence-corrected chi connectivity index (χ2v) is 9.95.